The third kappa shape index (κ3) is 4.66. The molecule has 0 aromatic heterocycles. The van der Waals surface area contributed by atoms with Gasteiger partial charge in [0.1, 0.15) is 22.0 Å². The zero-order chi connectivity index (χ0) is 22.0. The zero-order valence-corrected chi connectivity index (χ0v) is 20.5. The van der Waals surface area contributed by atoms with Gasteiger partial charge in [-0.15, -0.1) is 0 Å². The third-order valence-corrected chi connectivity index (χ3v) is 9.18. The van der Waals surface area contributed by atoms with Crippen LogP contribution in [0.1, 0.15) is 32.6 Å². The monoisotopic (exact) mass is 511 g/mol. The summed E-state index contributed by atoms with van der Waals surface area (Å²) in [6, 6.07) is 4.99. The van der Waals surface area contributed by atoms with Crippen LogP contribution in [0.3, 0.4) is 0 Å². The van der Waals surface area contributed by atoms with Crippen LogP contribution in [0.2, 0.25) is 0 Å². The summed E-state index contributed by atoms with van der Waals surface area (Å²) in [5.74, 6) is 1.48. The molecule has 170 valence electrons. The standard InChI is InChI=1S/C23H30BrNO5S/c1-16-22(30-23-20(28-2)7-5-8-21(23)31(16,26)27)17-9-10-19(18(24)15-17)29-14-6-13-25-11-3-4-12-25/h5,7-8,10,15-17,22H,3-4,6,9,11-14H2,1-2H3/t16-,17?,22+/m0/s1. The highest BCUT2D eigenvalue weighted by atomic mass is 79.9. The van der Waals surface area contributed by atoms with E-state index in [1.165, 1.54) is 33.0 Å². The lowest BCUT2D eigenvalue weighted by Crippen LogP contribution is -2.44. The number of hydrogen-bond donors (Lipinski definition) is 0. The minimum absolute atomic E-state index is 0.0887. The summed E-state index contributed by atoms with van der Waals surface area (Å²) in [6.45, 7) is 5.86. The molecule has 0 N–H and O–H groups in total. The molecular formula is C23H30BrNO5S. The maximum atomic E-state index is 13.1. The molecule has 0 amide bonds. The fourth-order valence-electron chi connectivity index (χ4n) is 4.55. The van der Waals surface area contributed by atoms with E-state index in [0.717, 1.165) is 23.2 Å². The molecule has 0 radical (unpaired) electrons. The molecule has 0 spiro atoms. The molecule has 31 heavy (non-hydrogen) atoms. The lowest BCUT2D eigenvalue weighted by molar-refractivity contribution is 0.134. The molecule has 1 aromatic carbocycles. The average molecular weight is 512 g/mol. The van der Waals surface area contributed by atoms with Gasteiger partial charge in [0.2, 0.25) is 0 Å². The predicted octanol–water partition coefficient (Wildman–Crippen LogP) is 4.30. The van der Waals surface area contributed by atoms with Gasteiger partial charge >= 0.3 is 0 Å². The summed E-state index contributed by atoms with van der Waals surface area (Å²) in [5, 5.41) is -0.662. The van der Waals surface area contributed by atoms with Crippen LogP contribution in [0.5, 0.6) is 11.5 Å². The fourth-order valence-corrected chi connectivity index (χ4v) is 6.86. The minimum Gasteiger partial charge on any atom is -0.493 e. The van der Waals surface area contributed by atoms with Crippen LogP contribution < -0.4 is 9.47 Å². The van der Waals surface area contributed by atoms with Gasteiger partial charge in [-0.2, -0.15) is 0 Å². The van der Waals surface area contributed by atoms with Crippen molar-refractivity contribution in [3.8, 4) is 11.5 Å². The first kappa shape index (κ1) is 22.7. The Morgan fingerprint density at radius 2 is 2.03 bits per heavy atom. The van der Waals surface area contributed by atoms with Crippen LogP contribution in [0.15, 0.2) is 45.5 Å². The van der Waals surface area contributed by atoms with Crippen molar-refractivity contribution in [3.63, 3.8) is 0 Å². The molecular weight excluding hydrogens is 482 g/mol. The van der Waals surface area contributed by atoms with E-state index in [1.54, 1.807) is 25.1 Å². The van der Waals surface area contributed by atoms with E-state index in [1.807, 2.05) is 12.2 Å². The van der Waals surface area contributed by atoms with Gasteiger partial charge in [-0.25, -0.2) is 8.42 Å². The largest absolute Gasteiger partial charge is 0.493 e. The summed E-state index contributed by atoms with van der Waals surface area (Å²) in [5.41, 5.74) is 0. The van der Waals surface area contributed by atoms with Crippen molar-refractivity contribution in [2.24, 2.45) is 5.92 Å². The summed E-state index contributed by atoms with van der Waals surface area (Å²) in [4.78, 5) is 2.68. The molecule has 8 heteroatoms. The van der Waals surface area contributed by atoms with Crippen molar-refractivity contribution >= 4 is 25.8 Å². The second-order valence-electron chi connectivity index (χ2n) is 8.35. The molecule has 3 atom stereocenters. The summed E-state index contributed by atoms with van der Waals surface area (Å²) in [7, 11) is -2.00. The lowest BCUT2D eigenvalue weighted by atomic mass is 9.92. The third-order valence-electron chi connectivity index (χ3n) is 6.34. The number of allylic oxidation sites excluding steroid dienone is 2. The van der Waals surface area contributed by atoms with Crippen LogP contribution >= 0.6 is 15.9 Å². The minimum atomic E-state index is -3.51. The smallest absolute Gasteiger partial charge is 0.188 e. The Kier molecular flexibility index (Phi) is 6.98. The van der Waals surface area contributed by atoms with Crippen molar-refractivity contribution in [3.05, 3.63) is 40.6 Å². The Bertz CT molecular complexity index is 968. The first-order valence-corrected chi connectivity index (χ1v) is 13.3. The quantitative estimate of drug-likeness (QED) is 0.508. The highest BCUT2D eigenvalue weighted by molar-refractivity contribution is 9.11. The Morgan fingerprint density at radius 1 is 1.26 bits per heavy atom. The molecule has 1 unspecified atom stereocenters. The second kappa shape index (κ2) is 9.55. The second-order valence-corrected chi connectivity index (χ2v) is 11.5. The van der Waals surface area contributed by atoms with Crippen molar-refractivity contribution in [1.82, 2.24) is 4.90 Å². The van der Waals surface area contributed by atoms with Crippen molar-refractivity contribution < 1.29 is 22.6 Å². The molecule has 1 fully saturated rings. The number of rotatable bonds is 7. The molecule has 2 aliphatic heterocycles. The molecule has 3 aliphatic rings. The van der Waals surface area contributed by atoms with Gasteiger partial charge in [0.15, 0.2) is 21.3 Å². The number of nitrogens with zero attached hydrogens (tertiary/aromatic N) is 1. The normalized spacial score (nSPS) is 27.6. The Morgan fingerprint density at radius 3 is 2.74 bits per heavy atom. The molecule has 0 bridgehead atoms. The van der Waals surface area contributed by atoms with Gasteiger partial charge in [0.05, 0.1) is 18.2 Å². The Labute approximate surface area is 193 Å². The molecule has 1 aliphatic carbocycles. The van der Waals surface area contributed by atoms with Crippen LogP contribution in [-0.2, 0) is 14.6 Å². The SMILES string of the molecule is COc1cccc2c1O[C@@H](C1C=C(Br)C(OCCCN3CCCC3)=CC1)[C@H](C)S2(=O)=O. The van der Waals surface area contributed by atoms with Gasteiger partial charge < -0.3 is 19.1 Å². The maximum Gasteiger partial charge on any atom is 0.188 e. The summed E-state index contributed by atoms with van der Waals surface area (Å²) < 4.78 is 44.7. The average Bonchev–Trinajstić information content (AvgIpc) is 3.28. The fraction of sp³-hybridized carbons (Fsp3) is 0.565. The molecule has 6 nitrogen and oxygen atoms in total. The van der Waals surface area contributed by atoms with Crippen LogP contribution in [0.25, 0.3) is 0 Å². The number of hydrogen-bond acceptors (Lipinski definition) is 6. The van der Waals surface area contributed by atoms with E-state index < -0.39 is 21.2 Å². The number of benzene rings is 1. The van der Waals surface area contributed by atoms with Gasteiger partial charge in [0.25, 0.3) is 0 Å². The number of sulfone groups is 1. The molecule has 1 aromatic rings. The van der Waals surface area contributed by atoms with Crippen molar-refractivity contribution in [2.75, 3.05) is 33.4 Å². The Hall–Kier alpha value is -1.51. The number of para-hydroxylation sites is 1. The van der Waals surface area contributed by atoms with E-state index in [2.05, 4.69) is 20.8 Å². The van der Waals surface area contributed by atoms with Gasteiger partial charge in [0, 0.05) is 12.5 Å². The topological polar surface area (TPSA) is 65.1 Å². The van der Waals surface area contributed by atoms with E-state index in [9.17, 15) is 8.42 Å². The van der Waals surface area contributed by atoms with Crippen LogP contribution in [-0.4, -0.2) is 58.0 Å². The first-order valence-electron chi connectivity index (χ1n) is 10.9. The van der Waals surface area contributed by atoms with E-state index >= 15 is 0 Å². The molecule has 0 saturated carbocycles. The van der Waals surface area contributed by atoms with E-state index in [-0.39, 0.29) is 10.8 Å². The molecule has 2 heterocycles. The van der Waals surface area contributed by atoms with Gasteiger partial charge in [-0.1, -0.05) is 12.1 Å². The van der Waals surface area contributed by atoms with Crippen molar-refractivity contribution in [1.29, 1.82) is 0 Å². The molecule has 1 saturated heterocycles. The lowest BCUT2D eigenvalue weighted by Gasteiger charge is -2.36. The van der Waals surface area contributed by atoms with Gasteiger partial charge in [-0.05, 0) is 79.8 Å². The predicted molar refractivity (Wildman–Crippen MR) is 124 cm³/mol. The summed E-state index contributed by atoms with van der Waals surface area (Å²) >= 11 is 3.62. The molecule has 4 rings (SSSR count). The Balaban J connectivity index is 1.42. The first-order chi connectivity index (χ1) is 14.9. The highest BCUT2D eigenvalue weighted by Crippen LogP contribution is 2.44. The number of methoxy groups -OCH3 is 1. The number of ether oxygens (including phenoxy) is 3. The van der Waals surface area contributed by atoms with Gasteiger partial charge in [-0.3, -0.25) is 0 Å². The maximum absolute atomic E-state index is 13.1. The summed E-state index contributed by atoms with van der Waals surface area (Å²) in [6.07, 6.45) is 7.81. The van der Waals surface area contributed by atoms with Crippen molar-refractivity contribution in [2.45, 2.75) is 48.9 Å². The zero-order valence-electron chi connectivity index (χ0n) is 18.1. The van der Waals surface area contributed by atoms with E-state index in [0.29, 0.717) is 24.5 Å². The van der Waals surface area contributed by atoms with Crippen LogP contribution in [0, 0.1) is 5.92 Å². The van der Waals surface area contributed by atoms with E-state index in [4.69, 9.17) is 14.2 Å². The highest BCUT2D eigenvalue weighted by Gasteiger charge is 2.44. The number of halogens is 1. The number of fused-ring (bicyclic) bond motifs is 1. The van der Waals surface area contributed by atoms with Crippen LogP contribution in [0.4, 0.5) is 0 Å². The number of likely N-dealkylation sites (tertiary alicyclic amines) is 1.